The molecular formula is C18H8Cl4O2S2. The van der Waals surface area contributed by atoms with Crippen molar-refractivity contribution in [3.63, 3.8) is 0 Å². The first-order chi connectivity index (χ1) is 12.2. The van der Waals surface area contributed by atoms with Crippen molar-refractivity contribution in [3.05, 3.63) is 64.3 Å². The normalized spacial score (nSPS) is 18.5. The minimum atomic E-state index is -0.301. The molecule has 132 valence electrons. The van der Waals surface area contributed by atoms with Crippen molar-refractivity contribution in [1.82, 2.24) is 0 Å². The number of carbonyl (C=O) groups is 2. The Labute approximate surface area is 178 Å². The first-order valence-electron chi connectivity index (χ1n) is 7.39. The maximum atomic E-state index is 12.9. The largest absolute Gasteiger partial charge is 0.288 e. The van der Waals surface area contributed by atoms with Crippen LogP contribution in [0.5, 0.6) is 0 Å². The number of ketones is 2. The van der Waals surface area contributed by atoms with Crippen LogP contribution in [-0.2, 0) is 0 Å². The first-order valence-corrected chi connectivity index (χ1v) is 10.5. The van der Waals surface area contributed by atoms with E-state index in [1.54, 1.807) is 12.1 Å². The molecule has 2 heterocycles. The van der Waals surface area contributed by atoms with E-state index < -0.39 is 0 Å². The SMILES string of the molecule is Cc1cc(Cl)c2c(c1Cl)S/C(=C1\Sc3c(Cl)c(C)cc(Cl)c3C1=O)C2=O. The number of hydrogen-bond acceptors (Lipinski definition) is 4. The summed E-state index contributed by atoms with van der Waals surface area (Å²) in [6, 6.07) is 3.31. The van der Waals surface area contributed by atoms with Gasteiger partial charge in [0.2, 0.25) is 11.6 Å². The van der Waals surface area contributed by atoms with Gasteiger partial charge in [0.25, 0.3) is 0 Å². The molecule has 2 aliphatic heterocycles. The number of fused-ring (bicyclic) bond motifs is 2. The van der Waals surface area contributed by atoms with Crippen molar-refractivity contribution in [1.29, 1.82) is 0 Å². The summed E-state index contributed by atoms with van der Waals surface area (Å²) >= 11 is 27.6. The second-order valence-electron chi connectivity index (χ2n) is 5.91. The molecule has 2 aliphatic rings. The van der Waals surface area contributed by atoms with Crippen molar-refractivity contribution < 1.29 is 9.59 Å². The van der Waals surface area contributed by atoms with Crippen LogP contribution in [0.1, 0.15) is 31.8 Å². The van der Waals surface area contributed by atoms with Crippen LogP contribution in [0.2, 0.25) is 20.1 Å². The third kappa shape index (κ3) is 2.58. The second kappa shape index (κ2) is 6.47. The number of rotatable bonds is 0. The molecule has 0 fully saturated rings. The first kappa shape index (κ1) is 18.7. The van der Waals surface area contributed by atoms with Gasteiger partial charge in [0.1, 0.15) is 0 Å². The molecule has 0 aromatic heterocycles. The zero-order valence-electron chi connectivity index (χ0n) is 13.3. The van der Waals surface area contributed by atoms with Crippen LogP contribution in [0.3, 0.4) is 0 Å². The Hall–Kier alpha value is -0.620. The van der Waals surface area contributed by atoms with Crippen LogP contribution in [0.4, 0.5) is 0 Å². The quantitative estimate of drug-likeness (QED) is 0.382. The molecule has 0 spiro atoms. The molecule has 2 nitrogen and oxygen atoms in total. The van der Waals surface area contributed by atoms with Crippen LogP contribution in [-0.4, -0.2) is 11.6 Å². The molecule has 0 saturated carbocycles. The third-order valence-electron chi connectivity index (χ3n) is 4.19. The summed E-state index contributed by atoms with van der Waals surface area (Å²) in [6.45, 7) is 3.64. The van der Waals surface area contributed by atoms with Crippen LogP contribution in [0.25, 0.3) is 0 Å². The number of benzene rings is 2. The van der Waals surface area contributed by atoms with Crippen LogP contribution < -0.4 is 0 Å². The fourth-order valence-electron chi connectivity index (χ4n) is 2.88. The maximum absolute atomic E-state index is 12.9. The van der Waals surface area contributed by atoms with Gasteiger partial charge in [0, 0.05) is 9.79 Å². The molecule has 0 aliphatic carbocycles. The lowest BCUT2D eigenvalue weighted by atomic mass is 10.1. The highest BCUT2D eigenvalue weighted by Gasteiger charge is 2.40. The summed E-state index contributed by atoms with van der Waals surface area (Å²) < 4.78 is 0. The van der Waals surface area contributed by atoms with Crippen molar-refractivity contribution in [3.8, 4) is 0 Å². The van der Waals surface area contributed by atoms with E-state index in [2.05, 4.69) is 0 Å². The molecule has 0 N–H and O–H groups in total. The van der Waals surface area contributed by atoms with Gasteiger partial charge in [-0.05, 0) is 37.1 Å². The van der Waals surface area contributed by atoms with Gasteiger partial charge in [-0.15, -0.1) is 0 Å². The molecule has 2 aromatic rings. The summed E-state index contributed by atoms with van der Waals surface area (Å²) in [5, 5.41) is 1.60. The highest BCUT2D eigenvalue weighted by molar-refractivity contribution is 8.08. The van der Waals surface area contributed by atoms with Gasteiger partial charge in [-0.1, -0.05) is 69.9 Å². The zero-order chi connectivity index (χ0) is 18.9. The average molecular weight is 462 g/mol. The third-order valence-corrected chi connectivity index (χ3v) is 8.53. The topological polar surface area (TPSA) is 34.1 Å². The standard InChI is InChI=1S/C18H8Cl4O2S2/c1-5-3-7(19)9-13(23)17(25-15(9)11(5)21)18-14(24)10-8(20)4-6(2)12(22)16(10)26-18/h3-4H,1-2H3/b18-17-. The molecular weight excluding hydrogens is 454 g/mol. The van der Waals surface area contributed by atoms with Crippen molar-refractivity contribution >= 4 is 81.5 Å². The van der Waals surface area contributed by atoms with E-state index in [0.29, 0.717) is 50.8 Å². The predicted molar refractivity (Wildman–Crippen MR) is 110 cm³/mol. The number of halogens is 4. The lowest BCUT2D eigenvalue weighted by molar-refractivity contribution is 0.101. The number of Topliss-reactive ketones (excluding diaryl/α,β-unsaturated/α-hetero) is 2. The highest BCUT2D eigenvalue weighted by Crippen LogP contribution is 2.55. The van der Waals surface area contributed by atoms with Crippen LogP contribution in [0.15, 0.2) is 31.7 Å². The van der Waals surface area contributed by atoms with Crippen LogP contribution >= 0.6 is 69.9 Å². The average Bonchev–Trinajstić information content (AvgIpc) is 3.09. The van der Waals surface area contributed by atoms with Gasteiger partial charge in [-0.3, -0.25) is 9.59 Å². The Morgan fingerprint density at radius 2 is 1.04 bits per heavy atom. The van der Waals surface area contributed by atoms with E-state index in [-0.39, 0.29) is 11.6 Å². The zero-order valence-corrected chi connectivity index (χ0v) is 18.0. The van der Waals surface area contributed by atoms with E-state index in [1.165, 1.54) is 23.5 Å². The fraction of sp³-hybridized carbons (Fsp3) is 0.111. The number of allylic oxidation sites excluding steroid dienone is 2. The number of thioether (sulfide) groups is 2. The molecule has 4 rings (SSSR count). The Balaban J connectivity index is 1.91. The number of carbonyl (C=O) groups excluding carboxylic acids is 2. The van der Waals surface area contributed by atoms with Crippen molar-refractivity contribution in [2.75, 3.05) is 0 Å². The van der Waals surface area contributed by atoms with E-state index in [0.717, 1.165) is 11.1 Å². The lowest BCUT2D eigenvalue weighted by Gasteiger charge is -2.05. The molecule has 0 saturated heterocycles. The predicted octanol–water partition coefficient (Wildman–Crippen LogP) is 7.41. The van der Waals surface area contributed by atoms with Gasteiger partial charge >= 0.3 is 0 Å². The van der Waals surface area contributed by atoms with Gasteiger partial charge in [-0.25, -0.2) is 0 Å². The Kier molecular flexibility index (Phi) is 4.66. The fourth-order valence-corrected chi connectivity index (χ4v) is 6.74. The molecule has 0 atom stereocenters. The summed E-state index contributed by atoms with van der Waals surface area (Å²) in [5.41, 5.74) is 2.23. The van der Waals surface area contributed by atoms with E-state index in [1.807, 2.05) is 13.8 Å². The van der Waals surface area contributed by atoms with Crippen LogP contribution in [0, 0.1) is 13.8 Å². The van der Waals surface area contributed by atoms with Gasteiger partial charge in [0.05, 0.1) is 41.0 Å². The number of aryl methyl sites for hydroxylation is 2. The minimum absolute atomic E-state index is 0.301. The summed E-state index contributed by atoms with van der Waals surface area (Å²) in [4.78, 5) is 27.7. The minimum Gasteiger partial charge on any atom is -0.288 e. The molecule has 8 heteroatoms. The Morgan fingerprint density at radius 1 is 0.692 bits per heavy atom. The second-order valence-corrected chi connectivity index (χ2v) is 9.52. The van der Waals surface area contributed by atoms with Crippen molar-refractivity contribution in [2.45, 2.75) is 23.6 Å². The smallest absolute Gasteiger partial charge is 0.203 e. The van der Waals surface area contributed by atoms with Gasteiger partial charge < -0.3 is 0 Å². The highest BCUT2D eigenvalue weighted by atomic mass is 35.5. The molecule has 2 aromatic carbocycles. The Morgan fingerprint density at radius 3 is 1.38 bits per heavy atom. The maximum Gasteiger partial charge on any atom is 0.203 e. The molecule has 0 unspecified atom stereocenters. The summed E-state index contributed by atoms with van der Waals surface area (Å²) in [6.07, 6.45) is 0. The van der Waals surface area contributed by atoms with Gasteiger partial charge in [0.15, 0.2) is 0 Å². The molecule has 0 amide bonds. The van der Waals surface area contributed by atoms with Gasteiger partial charge in [-0.2, -0.15) is 0 Å². The monoisotopic (exact) mass is 460 g/mol. The van der Waals surface area contributed by atoms with E-state index in [4.69, 9.17) is 46.4 Å². The molecule has 26 heavy (non-hydrogen) atoms. The molecule has 0 bridgehead atoms. The Bertz CT molecular complexity index is 1000. The summed E-state index contributed by atoms with van der Waals surface area (Å²) in [5.74, 6) is -0.603. The summed E-state index contributed by atoms with van der Waals surface area (Å²) in [7, 11) is 0. The lowest BCUT2D eigenvalue weighted by Crippen LogP contribution is -2.03. The van der Waals surface area contributed by atoms with E-state index in [9.17, 15) is 9.59 Å². The molecule has 0 radical (unpaired) electrons. The van der Waals surface area contributed by atoms with E-state index >= 15 is 0 Å². The van der Waals surface area contributed by atoms with Crippen molar-refractivity contribution in [2.24, 2.45) is 0 Å². The number of hydrogen-bond donors (Lipinski definition) is 0.